The van der Waals surface area contributed by atoms with Gasteiger partial charge in [0.15, 0.2) is 9.84 Å². The summed E-state index contributed by atoms with van der Waals surface area (Å²) < 4.78 is 35.9. The molecular formula is C14H21FN2O2S. The monoisotopic (exact) mass is 300 g/mol. The van der Waals surface area contributed by atoms with Gasteiger partial charge in [0.05, 0.1) is 11.5 Å². The summed E-state index contributed by atoms with van der Waals surface area (Å²) in [6, 6.07) is 6.59. The third kappa shape index (κ3) is 4.18. The quantitative estimate of drug-likeness (QED) is 0.863. The van der Waals surface area contributed by atoms with Crippen molar-refractivity contribution in [1.29, 1.82) is 0 Å². The van der Waals surface area contributed by atoms with Gasteiger partial charge in [-0.25, -0.2) is 12.8 Å². The Labute approximate surface area is 119 Å². The SMILES string of the molecule is CCN(CCNC1CCS(=O)(=O)C1)c1cccc(F)c1. The smallest absolute Gasteiger partial charge is 0.151 e. The molecule has 0 bridgehead atoms. The van der Waals surface area contributed by atoms with Crippen molar-refractivity contribution < 1.29 is 12.8 Å². The van der Waals surface area contributed by atoms with E-state index in [1.807, 2.05) is 13.0 Å². The molecule has 20 heavy (non-hydrogen) atoms. The van der Waals surface area contributed by atoms with Crippen LogP contribution in [0.4, 0.5) is 10.1 Å². The minimum Gasteiger partial charge on any atom is -0.370 e. The molecule has 0 aliphatic carbocycles. The summed E-state index contributed by atoms with van der Waals surface area (Å²) in [5, 5.41) is 3.27. The fourth-order valence-corrected chi connectivity index (χ4v) is 4.21. The average molecular weight is 300 g/mol. The van der Waals surface area contributed by atoms with Gasteiger partial charge in [-0.15, -0.1) is 0 Å². The lowest BCUT2D eigenvalue weighted by molar-refractivity contribution is 0.552. The van der Waals surface area contributed by atoms with Gasteiger partial charge in [-0.2, -0.15) is 0 Å². The summed E-state index contributed by atoms with van der Waals surface area (Å²) in [5.74, 6) is 0.279. The van der Waals surface area contributed by atoms with Crippen LogP contribution in [0.2, 0.25) is 0 Å². The molecule has 0 aromatic heterocycles. The molecule has 0 amide bonds. The molecule has 1 heterocycles. The number of hydrogen-bond donors (Lipinski definition) is 1. The summed E-state index contributed by atoms with van der Waals surface area (Å²) >= 11 is 0. The van der Waals surface area contributed by atoms with Gasteiger partial charge >= 0.3 is 0 Å². The summed E-state index contributed by atoms with van der Waals surface area (Å²) in [4.78, 5) is 2.07. The number of hydrogen-bond acceptors (Lipinski definition) is 4. The van der Waals surface area contributed by atoms with Crippen molar-refractivity contribution in [2.75, 3.05) is 36.0 Å². The molecule has 112 valence electrons. The van der Waals surface area contributed by atoms with E-state index in [1.165, 1.54) is 12.1 Å². The van der Waals surface area contributed by atoms with Crippen LogP contribution in [0.3, 0.4) is 0 Å². The molecule has 0 saturated carbocycles. The summed E-state index contributed by atoms with van der Waals surface area (Å²) in [6.45, 7) is 4.24. The Kier molecular flexibility index (Phi) is 4.99. The van der Waals surface area contributed by atoms with Crippen LogP contribution in [0.1, 0.15) is 13.3 Å². The summed E-state index contributed by atoms with van der Waals surface area (Å²) in [6.07, 6.45) is 0.689. The first-order valence-corrected chi connectivity index (χ1v) is 8.76. The number of halogens is 1. The highest BCUT2D eigenvalue weighted by Gasteiger charge is 2.27. The van der Waals surface area contributed by atoms with Gasteiger partial charge in [0, 0.05) is 31.4 Å². The third-order valence-electron chi connectivity index (χ3n) is 3.60. The van der Waals surface area contributed by atoms with Crippen molar-refractivity contribution >= 4 is 15.5 Å². The topological polar surface area (TPSA) is 49.4 Å². The van der Waals surface area contributed by atoms with E-state index in [0.29, 0.717) is 13.0 Å². The van der Waals surface area contributed by atoms with Crippen LogP contribution >= 0.6 is 0 Å². The maximum atomic E-state index is 13.2. The largest absolute Gasteiger partial charge is 0.370 e. The van der Waals surface area contributed by atoms with Crippen molar-refractivity contribution in [1.82, 2.24) is 5.32 Å². The number of likely N-dealkylation sites (N-methyl/N-ethyl adjacent to an activating group) is 1. The zero-order valence-corrected chi connectivity index (χ0v) is 12.5. The van der Waals surface area contributed by atoms with E-state index in [9.17, 15) is 12.8 Å². The molecule has 1 unspecified atom stereocenters. The van der Waals surface area contributed by atoms with Gasteiger partial charge < -0.3 is 10.2 Å². The first kappa shape index (κ1) is 15.3. The van der Waals surface area contributed by atoms with Crippen molar-refractivity contribution in [3.8, 4) is 0 Å². The van der Waals surface area contributed by atoms with E-state index in [-0.39, 0.29) is 23.4 Å². The summed E-state index contributed by atoms with van der Waals surface area (Å²) in [7, 11) is -2.84. The fourth-order valence-electron chi connectivity index (χ4n) is 2.50. The predicted molar refractivity (Wildman–Crippen MR) is 79.3 cm³/mol. The van der Waals surface area contributed by atoms with E-state index in [2.05, 4.69) is 10.2 Å². The number of rotatable bonds is 6. The zero-order chi connectivity index (χ0) is 14.6. The van der Waals surface area contributed by atoms with Gasteiger partial charge in [0.1, 0.15) is 5.82 Å². The molecule has 2 rings (SSSR count). The first-order chi connectivity index (χ1) is 9.50. The van der Waals surface area contributed by atoms with Gasteiger partial charge in [-0.3, -0.25) is 0 Å². The molecule has 0 spiro atoms. The Bertz CT molecular complexity index is 548. The van der Waals surface area contributed by atoms with Crippen molar-refractivity contribution in [2.45, 2.75) is 19.4 Å². The van der Waals surface area contributed by atoms with Gasteiger partial charge in [-0.05, 0) is 31.5 Å². The Morgan fingerprint density at radius 3 is 2.85 bits per heavy atom. The van der Waals surface area contributed by atoms with Crippen LogP contribution in [0.5, 0.6) is 0 Å². The number of nitrogens with zero attached hydrogens (tertiary/aromatic N) is 1. The minimum absolute atomic E-state index is 0.0613. The molecule has 1 N–H and O–H groups in total. The van der Waals surface area contributed by atoms with Crippen LogP contribution in [0.15, 0.2) is 24.3 Å². The zero-order valence-electron chi connectivity index (χ0n) is 11.7. The second-order valence-corrected chi connectivity index (χ2v) is 7.34. The van der Waals surface area contributed by atoms with Crippen molar-refractivity contribution in [3.63, 3.8) is 0 Å². The standard InChI is InChI=1S/C14H21FN2O2S/c1-2-17(14-5-3-4-12(15)10-14)8-7-16-13-6-9-20(18,19)11-13/h3-5,10,13,16H,2,6-9,11H2,1H3. The summed E-state index contributed by atoms with van der Waals surface area (Å²) in [5.41, 5.74) is 0.855. The van der Waals surface area contributed by atoms with Crippen LogP contribution in [-0.4, -0.2) is 45.6 Å². The lowest BCUT2D eigenvalue weighted by atomic mass is 10.2. The maximum absolute atomic E-state index is 13.2. The Hall–Kier alpha value is -1.14. The number of anilines is 1. The van der Waals surface area contributed by atoms with Crippen molar-refractivity contribution in [2.24, 2.45) is 0 Å². The molecule has 1 saturated heterocycles. The molecule has 6 heteroatoms. The highest BCUT2D eigenvalue weighted by Crippen LogP contribution is 2.15. The average Bonchev–Trinajstić information content (AvgIpc) is 2.74. The van der Waals surface area contributed by atoms with Gasteiger partial charge in [0.2, 0.25) is 0 Å². The minimum atomic E-state index is -2.84. The number of benzene rings is 1. The van der Waals surface area contributed by atoms with E-state index in [0.717, 1.165) is 18.8 Å². The first-order valence-electron chi connectivity index (χ1n) is 6.94. The lowest BCUT2D eigenvalue weighted by Gasteiger charge is -2.24. The van der Waals surface area contributed by atoms with Crippen LogP contribution in [0, 0.1) is 5.82 Å². The molecule has 1 aliphatic heterocycles. The molecular weight excluding hydrogens is 279 g/mol. The fraction of sp³-hybridized carbons (Fsp3) is 0.571. The van der Waals surface area contributed by atoms with Crippen LogP contribution < -0.4 is 10.2 Å². The molecule has 1 aromatic rings. The Morgan fingerprint density at radius 1 is 1.45 bits per heavy atom. The molecule has 1 aromatic carbocycles. The van der Waals surface area contributed by atoms with Crippen molar-refractivity contribution in [3.05, 3.63) is 30.1 Å². The van der Waals surface area contributed by atoms with Crippen LogP contribution in [-0.2, 0) is 9.84 Å². The normalized spacial score (nSPS) is 21.0. The number of nitrogens with one attached hydrogen (secondary N) is 1. The Balaban J connectivity index is 1.83. The second-order valence-electron chi connectivity index (χ2n) is 5.11. The highest BCUT2D eigenvalue weighted by atomic mass is 32.2. The molecule has 1 fully saturated rings. The lowest BCUT2D eigenvalue weighted by Crippen LogP contribution is -2.37. The van der Waals surface area contributed by atoms with Gasteiger partial charge in [-0.1, -0.05) is 6.07 Å². The predicted octanol–water partition coefficient (Wildman–Crippen LogP) is 1.43. The Morgan fingerprint density at radius 2 is 2.25 bits per heavy atom. The van der Waals surface area contributed by atoms with Gasteiger partial charge in [0.25, 0.3) is 0 Å². The molecule has 4 nitrogen and oxygen atoms in total. The molecule has 1 atom stereocenters. The molecule has 1 aliphatic rings. The molecule has 0 radical (unpaired) electrons. The van der Waals surface area contributed by atoms with E-state index in [1.54, 1.807) is 6.07 Å². The number of sulfone groups is 1. The van der Waals surface area contributed by atoms with E-state index < -0.39 is 9.84 Å². The highest BCUT2D eigenvalue weighted by molar-refractivity contribution is 7.91. The van der Waals surface area contributed by atoms with E-state index in [4.69, 9.17) is 0 Å². The van der Waals surface area contributed by atoms with E-state index >= 15 is 0 Å². The third-order valence-corrected chi connectivity index (χ3v) is 5.37. The maximum Gasteiger partial charge on any atom is 0.151 e. The second kappa shape index (κ2) is 6.54. The van der Waals surface area contributed by atoms with Crippen LogP contribution in [0.25, 0.3) is 0 Å².